The number of rotatable bonds is 5. The van der Waals surface area contributed by atoms with Gasteiger partial charge in [-0.3, -0.25) is 4.79 Å². The number of carbonyl (C=O) groups is 1. The summed E-state index contributed by atoms with van der Waals surface area (Å²) in [5.41, 5.74) is 0. The number of anilines is 1. The third-order valence-corrected chi connectivity index (χ3v) is 2.83. The van der Waals surface area contributed by atoms with Gasteiger partial charge in [-0.1, -0.05) is 5.10 Å². The number of nitrogens with one attached hydrogen (secondary N) is 3. The zero-order valence-electron chi connectivity index (χ0n) is 9.99. The van der Waals surface area contributed by atoms with E-state index < -0.39 is 0 Å². The summed E-state index contributed by atoms with van der Waals surface area (Å²) in [4.78, 5) is 11.0. The molecule has 1 aliphatic heterocycles. The molecule has 0 bridgehead atoms. The first-order chi connectivity index (χ1) is 8.19. The highest BCUT2D eigenvalue weighted by atomic mass is 16.4. The summed E-state index contributed by atoms with van der Waals surface area (Å²) >= 11 is 0. The fraction of sp³-hybridized carbons (Fsp3) is 0.700. The van der Waals surface area contributed by atoms with Gasteiger partial charge < -0.3 is 20.4 Å². The van der Waals surface area contributed by atoms with Crippen LogP contribution in [0.5, 0.6) is 0 Å². The molecule has 1 fully saturated rings. The molecule has 0 saturated carbocycles. The lowest BCUT2D eigenvalue weighted by Crippen LogP contribution is -2.31. The van der Waals surface area contributed by atoms with E-state index in [0.29, 0.717) is 24.9 Å². The van der Waals surface area contributed by atoms with Gasteiger partial charge in [0.1, 0.15) is 0 Å². The number of aromatic nitrogens is 2. The zero-order valence-corrected chi connectivity index (χ0v) is 9.99. The number of hydrogen-bond acceptors (Lipinski definition) is 6. The first kappa shape index (κ1) is 11.8. The van der Waals surface area contributed by atoms with E-state index >= 15 is 0 Å². The van der Waals surface area contributed by atoms with Gasteiger partial charge in [0.2, 0.25) is 11.8 Å². The molecule has 2 heterocycles. The largest absolute Gasteiger partial charge is 0.406 e. The van der Waals surface area contributed by atoms with Crippen molar-refractivity contribution in [3.05, 3.63) is 5.89 Å². The Hall–Kier alpha value is -1.63. The van der Waals surface area contributed by atoms with Gasteiger partial charge in [0, 0.05) is 19.0 Å². The molecular formula is C10H17N5O2. The van der Waals surface area contributed by atoms with E-state index in [2.05, 4.69) is 26.1 Å². The second kappa shape index (κ2) is 5.13. The van der Waals surface area contributed by atoms with Crippen molar-refractivity contribution in [1.82, 2.24) is 20.8 Å². The molecule has 1 aliphatic rings. The van der Waals surface area contributed by atoms with Crippen LogP contribution in [0.2, 0.25) is 0 Å². The van der Waals surface area contributed by atoms with Gasteiger partial charge in [0.05, 0.1) is 6.04 Å². The van der Waals surface area contributed by atoms with Crippen molar-refractivity contribution in [1.29, 1.82) is 0 Å². The smallest absolute Gasteiger partial charge is 0.315 e. The molecule has 3 N–H and O–H groups in total. The molecule has 0 aromatic carbocycles. The van der Waals surface area contributed by atoms with Crippen molar-refractivity contribution in [2.45, 2.75) is 31.8 Å². The topological polar surface area (TPSA) is 92.1 Å². The van der Waals surface area contributed by atoms with Crippen LogP contribution in [0.25, 0.3) is 0 Å². The quantitative estimate of drug-likeness (QED) is 0.672. The lowest BCUT2D eigenvalue weighted by Gasteiger charge is -2.09. The predicted octanol–water partition coefficient (Wildman–Crippen LogP) is 0.0405. The predicted molar refractivity (Wildman–Crippen MR) is 61.4 cm³/mol. The van der Waals surface area contributed by atoms with Crippen LogP contribution in [0, 0.1) is 0 Å². The Kier molecular flexibility index (Phi) is 3.58. The van der Waals surface area contributed by atoms with Gasteiger partial charge in [-0.2, -0.15) is 0 Å². The lowest BCUT2D eigenvalue weighted by molar-refractivity contribution is -0.119. The first-order valence-electron chi connectivity index (χ1n) is 5.73. The van der Waals surface area contributed by atoms with Crippen LogP contribution in [0.4, 0.5) is 6.01 Å². The summed E-state index contributed by atoms with van der Waals surface area (Å²) in [5, 5.41) is 16.7. The summed E-state index contributed by atoms with van der Waals surface area (Å²) in [6.07, 6.45) is 1.44. The van der Waals surface area contributed by atoms with Gasteiger partial charge in [-0.05, 0) is 20.4 Å². The minimum absolute atomic E-state index is 0.0317. The summed E-state index contributed by atoms with van der Waals surface area (Å²) in [5.74, 6) is 0.650. The van der Waals surface area contributed by atoms with Gasteiger partial charge in [-0.25, -0.2) is 0 Å². The van der Waals surface area contributed by atoms with Crippen molar-refractivity contribution < 1.29 is 9.21 Å². The molecule has 0 spiro atoms. The second-order valence-corrected chi connectivity index (χ2v) is 4.14. The molecule has 2 atom stereocenters. The van der Waals surface area contributed by atoms with Crippen molar-refractivity contribution in [3.63, 3.8) is 0 Å². The van der Waals surface area contributed by atoms with Crippen LogP contribution in [0.15, 0.2) is 4.42 Å². The average molecular weight is 239 g/mol. The fourth-order valence-electron chi connectivity index (χ4n) is 1.65. The Morgan fingerprint density at radius 2 is 2.41 bits per heavy atom. The van der Waals surface area contributed by atoms with Gasteiger partial charge in [-0.15, -0.1) is 5.10 Å². The molecule has 1 aromatic heterocycles. The third-order valence-electron chi connectivity index (χ3n) is 2.83. The van der Waals surface area contributed by atoms with Crippen LogP contribution in [0.3, 0.4) is 0 Å². The molecule has 7 heteroatoms. The highest BCUT2D eigenvalue weighted by Gasteiger charge is 2.21. The van der Waals surface area contributed by atoms with Gasteiger partial charge in [0.25, 0.3) is 0 Å². The number of amides is 1. The van der Waals surface area contributed by atoms with Crippen molar-refractivity contribution in [2.24, 2.45) is 0 Å². The summed E-state index contributed by atoms with van der Waals surface area (Å²) in [6, 6.07) is 0.576. The van der Waals surface area contributed by atoms with Crippen molar-refractivity contribution in [3.8, 4) is 0 Å². The number of carbonyl (C=O) groups excluding carboxylic acids is 1. The third kappa shape index (κ3) is 2.94. The van der Waals surface area contributed by atoms with Crippen LogP contribution in [-0.4, -0.2) is 35.7 Å². The molecule has 7 nitrogen and oxygen atoms in total. The van der Waals surface area contributed by atoms with Crippen molar-refractivity contribution >= 4 is 11.9 Å². The Labute approximate surface area is 99.4 Å². The van der Waals surface area contributed by atoms with Gasteiger partial charge in [0.15, 0.2) is 0 Å². The average Bonchev–Trinajstić information content (AvgIpc) is 2.94. The minimum Gasteiger partial charge on any atom is -0.406 e. The highest BCUT2D eigenvalue weighted by molar-refractivity contribution is 5.78. The normalized spacial score (nSPS) is 21.3. The number of nitrogens with zero attached hydrogens (tertiary/aromatic N) is 2. The maximum atomic E-state index is 11.0. The van der Waals surface area contributed by atoms with E-state index in [4.69, 9.17) is 4.42 Å². The lowest BCUT2D eigenvalue weighted by atomic mass is 10.2. The Morgan fingerprint density at radius 1 is 1.59 bits per heavy atom. The monoisotopic (exact) mass is 239 g/mol. The zero-order chi connectivity index (χ0) is 12.3. The second-order valence-electron chi connectivity index (χ2n) is 4.14. The highest BCUT2D eigenvalue weighted by Crippen LogP contribution is 2.13. The van der Waals surface area contributed by atoms with E-state index in [9.17, 15) is 4.79 Å². The molecular weight excluding hydrogens is 222 g/mol. The molecule has 2 rings (SSSR count). The van der Waals surface area contributed by atoms with Crippen LogP contribution >= 0.6 is 0 Å². The van der Waals surface area contributed by atoms with Gasteiger partial charge >= 0.3 is 6.01 Å². The standard InChI is InChI=1S/C10H17N5O2/c1-6(11-2)9-14-15-10(17-9)12-5-7-3-4-8(16)13-7/h6-7,11H,3-5H2,1-2H3,(H,12,15)(H,13,16). The molecule has 2 unspecified atom stereocenters. The Balaban J connectivity index is 1.83. The Bertz CT molecular complexity index is 392. The molecule has 1 aromatic rings. The fourth-order valence-corrected chi connectivity index (χ4v) is 1.65. The summed E-state index contributed by atoms with van der Waals surface area (Å²) < 4.78 is 5.41. The SMILES string of the molecule is CNC(C)c1nnc(NCC2CCC(=O)N2)o1. The summed E-state index contributed by atoms with van der Waals surface area (Å²) in [7, 11) is 1.83. The molecule has 1 saturated heterocycles. The van der Waals surface area contributed by atoms with E-state index in [1.54, 1.807) is 0 Å². The molecule has 1 amide bonds. The van der Waals surface area contributed by atoms with E-state index in [-0.39, 0.29) is 18.0 Å². The van der Waals surface area contributed by atoms with Crippen LogP contribution in [0.1, 0.15) is 31.7 Å². The minimum atomic E-state index is 0.0317. The maximum absolute atomic E-state index is 11.0. The van der Waals surface area contributed by atoms with E-state index in [0.717, 1.165) is 6.42 Å². The van der Waals surface area contributed by atoms with Crippen molar-refractivity contribution in [2.75, 3.05) is 18.9 Å². The first-order valence-corrected chi connectivity index (χ1v) is 5.73. The summed E-state index contributed by atoms with van der Waals surface area (Å²) in [6.45, 7) is 2.55. The maximum Gasteiger partial charge on any atom is 0.315 e. The molecule has 0 radical (unpaired) electrons. The Morgan fingerprint density at radius 3 is 3.06 bits per heavy atom. The van der Waals surface area contributed by atoms with Crippen LogP contribution in [-0.2, 0) is 4.79 Å². The van der Waals surface area contributed by atoms with E-state index in [1.807, 2.05) is 14.0 Å². The molecule has 0 aliphatic carbocycles. The molecule has 94 valence electrons. The molecule has 17 heavy (non-hydrogen) atoms. The van der Waals surface area contributed by atoms with Crippen LogP contribution < -0.4 is 16.0 Å². The number of hydrogen-bond donors (Lipinski definition) is 3. The van der Waals surface area contributed by atoms with E-state index in [1.165, 1.54) is 0 Å².